The predicted octanol–water partition coefficient (Wildman–Crippen LogP) is 3.59. The van der Waals surface area contributed by atoms with Gasteiger partial charge in [-0.1, -0.05) is 13.8 Å². The standard InChI is InChI=1S/C10H22N.C8H16N2/c1-7-8(2)10(4)11(5,6)9(7)3;1-6-7(2)10(5)8(3)9(6)4/h7-10H,1-6H3;8H,1-5H3/q+1;. The highest BCUT2D eigenvalue weighted by atomic mass is 15.4. The molecule has 1 fully saturated rings. The van der Waals surface area contributed by atoms with E-state index in [2.05, 4.69) is 86.5 Å². The molecular weight excluding hydrogens is 258 g/mol. The molecule has 2 heterocycles. The summed E-state index contributed by atoms with van der Waals surface area (Å²) in [5.74, 6) is 1.75. The monoisotopic (exact) mass is 296 g/mol. The first kappa shape index (κ1) is 18.3. The van der Waals surface area contributed by atoms with Crippen LogP contribution >= 0.6 is 0 Å². The molecule has 0 radical (unpaired) electrons. The van der Waals surface area contributed by atoms with E-state index < -0.39 is 0 Å². The lowest BCUT2D eigenvalue weighted by atomic mass is 9.92. The molecule has 4 unspecified atom stereocenters. The van der Waals surface area contributed by atoms with Gasteiger partial charge in [-0.3, -0.25) is 0 Å². The van der Waals surface area contributed by atoms with Gasteiger partial charge < -0.3 is 14.3 Å². The smallest absolute Gasteiger partial charge is 0.0976 e. The number of rotatable bonds is 0. The van der Waals surface area contributed by atoms with Gasteiger partial charge in [0.25, 0.3) is 0 Å². The molecule has 0 amide bonds. The highest BCUT2D eigenvalue weighted by Crippen LogP contribution is 2.38. The Morgan fingerprint density at radius 2 is 1.00 bits per heavy atom. The molecule has 21 heavy (non-hydrogen) atoms. The van der Waals surface area contributed by atoms with Crippen LogP contribution in [0.25, 0.3) is 0 Å². The molecule has 0 spiro atoms. The fourth-order valence-electron chi connectivity index (χ4n) is 3.79. The van der Waals surface area contributed by atoms with Crippen LogP contribution in [0.1, 0.15) is 48.5 Å². The molecule has 0 N–H and O–H groups in total. The van der Waals surface area contributed by atoms with E-state index in [1.807, 2.05) is 0 Å². The predicted molar refractivity (Wildman–Crippen MR) is 92.7 cm³/mol. The first-order valence-corrected chi connectivity index (χ1v) is 8.41. The molecule has 0 saturated carbocycles. The van der Waals surface area contributed by atoms with Crippen LogP contribution in [-0.2, 0) is 0 Å². The Morgan fingerprint density at radius 1 is 0.714 bits per heavy atom. The number of allylic oxidation sites excluding steroid dienone is 2. The molecule has 4 atom stereocenters. The van der Waals surface area contributed by atoms with Crippen molar-refractivity contribution >= 4 is 0 Å². The first-order chi connectivity index (χ1) is 9.44. The Morgan fingerprint density at radius 3 is 1.10 bits per heavy atom. The van der Waals surface area contributed by atoms with Gasteiger partial charge in [0.15, 0.2) is 0 Å². The molecular formula is C18H38N3+. The molecule has 0 bridgehead atoms. The van der Waals surface area contributed by atoms with Crippen molar-refractivity contribution in [3.8, 4) is 0 Å². The molecule has 1 saturated heterocycles. The van der Waals surface area contributed by atoms with Crippen molar-refractivity contribution < 1.29 is 4.48 Å². The van der Waals surface area contributed by atoms with Crippen LogP contribution in [0.5, 0.6) is 0 Å². The summed E-state index contributed by atoms with van der Waals surface area (Å²) in [6, 6.07) is 1.64. The van der Waals surface area contributed by atoms with Crippen molar-refractivity contribution in [3.05, 3.63) is 11.4 Å². The molecule has 0 aromatic rings. The molecule has 124 valence electrons. The van der Waals surface area contributed by atoms with Crippen molar-refractivity contribution in [3.63, 3.8) is 0 Å². The number of nitrogens with zero attached hydrogens (tertiary/aromatic N) is 3. The van der Waals surface area contributed by atoms with E-state index in [0.717, 1.165) is 23.9 Å². The topological polar surface area (TPSA) is 6.48 Å². The van der Waals surface area contributed by atoms with Crippen molar-refractivity contribution in [2.75, 3.05) is 28.2 Å². The maximum Gasteiger partial charge on any atom is 0.0976 e. The number of likely N-dealkylation sites (tertiary alicyclic amines) is 1. The van der Waals surface area contributed by atoms with Gasteiger partial charge in [-0.05, 0) is 34.6 Å². The van der Waals surface area contributed by atoms with E-state index in [9.17, 15) is 0 Å². The average Bonchev–Trinajstić information content (AvgIpc) is 2.69. The second-order valence-electron chi connectivity index (χ2n) is 7.85. The molecule has 0 aliphatic carbocycles. The Balaban J connectivity index is 0.000000211. The van der Waals surface area contributed by atoms with Gasteiger partial charge in [-0.2, -0.15) is 0 Å². The molecule has 0 aromatic heterocycles. The fourth-order valence-corrected chi connectivity index (χ4v) is 3.79. The lowest BCUT2D eigenvalue weighted by molar-refractivity contribution is -0.924. The summed E-state index contributed by atoms with van der Waals surface area (Å²) in [4.78, 5) is 4.57. The summed E-state index contributed by atoms with van der Waals surface area (Å²) < 4.78 is 1.20. The summed E-state index contributed by atoms with van der Waals surface area (Å²) in [6.07, 6.45) is 0.528. The van der Waals surface area contributed by atoms with Gasteiger partial charge in [-0.15, -0.1) is 0 Å². The summed E-state index contributed by atoms with van der Waals surface area (Å²) in [6.45, 7) is 16.1. The lowest BCUT2D eigenvalue weighted by Crippen LogP contribution is -2.48. The molecule has 0 aromatic carbocycles. The van der Waals surface area contributed by atoms with E-state index in [-0.39, 0.29) is 0 Å². The summed E-state index contributed by atoms with van der Waals surface area (Å²) in [5.41, 5.74) is 2.77. The maximum atomic E-state index is 2.39. The summed E-state index contributed by atoms with van der Waals surface area (Å²) >= 11 is 0. The molecule has 2 aliphatic heterocycles. The molecule has 2 rings (SSSR count). The van der Waals surface area contributed by atoms with Crippen molar-refractivity contribution in [1.82, 2.24) is 9.80 Å². The van der Waals surface area contributed by atoms with Crippen molar-refractivity contribution in [1.29, 1.82) is 0 Å². The minimum Gasteiger partial charge on any atom is -0.357 e. The molecule has 2 aliphatic rings. The van der Waals surface area contributed by atoms with E-state index in [4.69, 9.17) is 0 Å². The molecule has 3 nitrogen and oxygen atoms in total. The van der Waals surface area contributed by atoms with Crippen LogP contribution < -0.4 is 0 Å². The van der Waals surface area contributed by atoms with E-state index in [0.29, 0.717) is 6.17 Å². The number of quaternary nitrogens is 1. The van der Waals surface area contributed by atoms with Crippen LogP contribution in [0.15, 0.2) is 11.4 Å². The van der Waals surface area contributed by atoms with Gasteiger partial charge in [0.05, 0.1) is 32.3 Å². The van der Waals surface area contributed by atoms with E-state index in [1.165, 1.54) is 15.9 Å². The van der Waals surface area contributed by atoms with Gasteiger partial charge in [0.2, 0.25) is 0 Å². The third-order valence-electron chi connectivity index (χ3n) is 7.15. The van der Waals surface area contributed by atoms with E-state index >= 15 is 0 Å². The normalized spacial score (nSPS) is 36.1. The van der Waals surface area contributed by atoms with Crippen LogP contribution in [0.3, 0.4) is 0 Å². The van der Waals surface area contributed by atoms with Crippen LogP contribution in [0.2, 0.25) is 0 Å². The summed E-state index contributed by atoms with van der Waals surface area (Å²) in [7, 11) is 8.98. The fraction of sp³-hybridized carbons (Fsp3) is 0.889. The maximum absolute atomic E-state index is 2.39. The quantitative estimate of drug-likeness (QED) is 0.630. The third-order valence-corrected chi connectivity index (χ3v) is 7.15. The van der Waals surface area contributed by atoms with Gasteiger partial charge in [0, 0.05) is 37.3 Å². The zero-order chi connectivity index (χ0) is 16.7. The van der Waals surface area contributed by atoms with Gasteiger partial charge in [0.1, 0.15) is 0 Å². The van der Waals surface area contributed by atoms with Crippen molar-refractivity contribution in [2.45, 2.75) is 66.7 Å². The highest BCUT2D eigenvalue weighted by molar-refractivity contribution is 5.14. The Hall–Kier alpha value is -0.700. The SMILES string of the molecule is CC1=C(C)N(C)C(C)N1C.CC1C(C)C(C)[N+](C)(C)C1C. The Kier molecular flexibility index (Phi) is 5.41. The second-order valence-corrected chi connectivity index (χ2v) is 7.85. The van der Waals surface area contributed by atoms with Gasteiger partial charge >= 0.3 is 0 Å². The largest absolute Gasteiger partial charge is 0.357 e. The first-order valence-electron chi connectivity index (χ1n) is 8.41. The third kappa shape index (κ3) is 3.08. The Labute approximate surface area is 133 Å². The van der Waals surface area contributed by atoms with Crippen LogP contribution in [-0.4, -0.2) is 60.7 Å². The van der Waals surface area contributed by atoms with Gasteiger partial charge in [-0.25, -0.2) is 0 Å². The minimum atomic E-state index is 0.528. The van der Waals surface area contributed by atoms with Crippen LogP contribution in [0.4, 0.5) is 0 Å². The van der Waals surface area contributed by atoms with Crippen LogP contribution in [0, 0.1) is 11.8 Å². The summed E-state index contributed by atoms with van der Waals surface area (Å²) in [5, 5.41) is 0. The number of hydrogen-bond donors (Lipinski definition) is 0. The second kappa shape index (κ2) is 6.20. The zero-order valence-electron chi connectivity index (χ0n) is 16.2. The minimum absolute atomic E-state index is 0.528. The number of hydrogen-bond acceptors (Lipinski definition) is 2. The lowest BCUT2D eigenvalue weighted by Gasteiger charge is -2.35. The Bertz CT molecular complexity index is 365. The highest BCUT2D eigenvalue weighted by Gasteiger charge is 2.47. The zero-order valence-corrected chi connectivity index (χ0v) is 16.2. The average molecular weight is 297 g/mol. The molecule has 3 heteroatoms. The van der Waals surface area contributed by atoms with Crippen molar-refractivity contribution in [2.24, 2.45) is 11.8 Å². The van der Waals surface area contributed by atoms with E-state index in [1.54, 1.807) is 0 Å².